The van der Waals surface area contributed by atoms with Gasteiger partial charge in [-0.3, -0.25) is 20.4 Å². The summed E-state index contributed by atoms with van der Waals surface area (Å²) in [5.74, 6) is -0.0896. The number of aromatic nitrogens is 1. The maximum Gasteiger partial charge on any atom is 0.279 e. The van der Waals surface area contributed by atoms with Crippen LogP contribution in [0.3, 0.4) is 0 Å². The van der Waals surface area contributed by atoms with Crippen LogP contribution in [0.15, 0.2) is 23.6 Å². The van der Waals surface area contributed by atoms with Crippen molar-refractivity contribution in [2.24, 2.45) is 0 Å². The van der Waals surface area contributed by atoms with E-state index in [1.165, 1.54) is 11.3 Å². The van der Waals surface area contributed by atoms with E-state index in [0.717, 1.165) is 16.1 Å². The molecule has 24 heavy (non-hydrogen) atoms. The Kier molecular flexibility index (Phi) is 5.92. The third-order valence-electron chi connectivity index (χ3n) is 3.56. The largest absolute Gasteiger partial charge is 0.481 e. The van der Waals surface area contributed by atoms with Crippen molar-refractivity contribution in [2.75, 3.05) is 0 Å². The lowest BCUT2D eigenvalue weighted by Gasteiger charge is -2.17. The second-order valence-electron chi connectivity index (χ2n) is 5.53. The first-order valence-electron chi connectivity index (χ1n) is 7.59. The van der Waals surface area contributed by atoms with E-state index in [4.69, 9.17) is 4.74 Å². The van der Waals surface area contributed by atoms with E-state index in [2.05, 4.69) is 15.8 Å². The summed E-state index contributed by atoms with van der Waals surface area (Å²) >= 11 is 1.48. The monoisotopic (exact) mass is 347 g/mol. The number of hydrogen-bond donors (Lipinski definition) is 2. The highest BCUT2D eigenvalue weighted by Crippen LogP contribution is 2.21. The highest BCUT2D eigenvalue weighted by atomic mass is 32.1. The summed E-state index contributed by atoms with van der Waals surface area (Å²) in [5.41, 5.74) is 7.51. The summed E-state index contributed by atoms with van der Waals surface area (Å²) in [4.78, 5) is 28.1. The van der Waals surface area contributed by atoms with Crippen LogP contribution >= 0.6 is 11.3 Å². The summed E-state index contributed by atoms with van der Waals surface area (Å²) < 4.78 is 5.67. The zero-order valence-corrected chi connectivity index (χ0v) is 15.0. The maximum atomic E-state index is 12.0. The second kappa shape index (κ2) is 7.92. The minimum Gasteiger partial charge on any atom is -0.481 e. The van der Waals surface area contributed by atoms with Gasteiger partial charge in [0, 0.05) is 5.38 Å². The third kappa shape index (κ3) is 4.79. The van der Waals surface area contributed by atoms with E-state index in [0.29, 0.717) is 11.4 Å². The van der Waals surface area contributed by atoms with Gasteiger partial charge in [-0.1, -0.05) is 12.1 Å². The highest BCUT2D eigenvalue weighted by molar-refractivity contribution is 7.09. The predicted octanol–water partition coefficient (Wildman–Crippen LogP) is 2.23. The number of ether oxygens (including phenoxy) is 1. The van der Waals surface area contributed by atoms with Gasteiger partial charge in [-0.2, -0.15) is 0 Å². The minimum absolute atomic E-state index is 0.122. The van der Waals surface area contributed by atoms with Crippen LogP contribution in [0.1, 0.15) is 28.8 Å². The van der Waals surface area contributed by atoms with Crippen molar-refractivity contribution in [3.63, 3.8) is 0 Å². The molecule has 1 aromatic heterocycles. The van der Waals surface area contributed by atoms with Crippen LogP contribution < -0.4 is 15.6 Å². The van der Waals surface area contributed by atoms with Gasteiger partial charge in [0.25, 0.3) is 5.91 Å². The molecule has 0 radical (unpaired) electrons. The van der Waals surface area contributed by atoms with Gasteiger partial charge in [0.2, 0.25) is 5.91 Å². The van der Waals surface area contributed by atoms with Crippen molar-refractivity contribution in [1.29, 1.82) is 0 Å². The van der Waals surface area contributed by atoms with E-state index in [9.17, 15) is 9.59 Å². The van der Waals surface area contributed by atoms with Crippen LogP contribution in [0, 0.1) is 20.8 Å². The number of hydrogen-bond acceptors (Lipinski definition) is 5. The summed E-state index contributed by atoms with van der Waals surface area (Å²) in [7, 11) is 0. The summed E-state index contributed by atoms with van der Waals surface area (Å²) in [6.07, 6.45) is -0.607. The molecule has 0 aliphatic heterocycles. The van der Waals surface area contributed by atoms with Crippen LogP contribution in [0.4, 0.5) is 0 Å². The quantitative estimate of drug-likeness (QED) is 0.813. The number of carbonyl (C=O) groups excluding carboxylic acids is 2. The Bertz CT molecular complexity index is 742. The first kappa shape index (κ1) is 17.9. The Hall–Kier alpha value is -2.41. The molecule has 2 N–H and O–H groups in total. The Morgan fingerprint density at radius 3 is 2.67 bits per heavy atom. The molecule has 7 heteroatoms. The van der Waals surface area contributed by atoms with Crippen molar-refractivity contribution in [3.8, 4) is 5.75 Å². The average Bonchev–Trinajstić information content (AvgIpc) is 2.94. The zero-order valence-electron chi connectivity index (χ0n) is 14.2. The van der Waals surface area contributed by atoms with Gasteiger partial charge in [-0.25, -0.2) is 4.98 Å². The van der Waals surface area contributed by atoms with Crippen LogP contribution in [0.5, 0.6) is 5.75 Å². The molecule has 0 saturated heterocycles. The first-order chi connectivity index (χ1) is 11.4. The number of hydrazine groups is 1. The van der Waals surface area contributed by atoms with Crippen molar-refractivity contribution in [1.82, 2.24) is 15.8 Å². The third-order valence-corrected chi connectivity index (χ3v) is 4.38. The SMILES string of the molecule is Cc1nc(CC(=O)NNC(=O)C(C)Oc2cccc(C)c2C)cs1. The average molecular weight is 347 g/mol. The van der Waals surface area contributed by atoms with Crippen LogP contribution in [-0.2, 0) is 16.0 Å². The molecule has 1 aromatic carbocycles. The Balaban J connectivity index is 1.83. The number of rotatable bonds is 5. The molecule has 1 unspecified atom stereocenters. The standard InChI is InChI=1S/C17H21N3O3S/c1-10-6-5-7-15(11(10)2)23-12(3)17(22)20-19-16(21)8-14-9-24-13(4)18-14/h5-7,9,12H,8H2,1-4H3,(H,19,21)(H,20,22). The molecule has 2 aromatic rings. The van der Waals surface area contributed by atoms with Crippen molar-refractivity contribution in [2.45, 2.75) is 40.2 Å². The molecule has 1 atom stereocenters. The number of nitrogens with one attached hydrogen (secondary N) is 2. The van der Waals surface area contributed by atoms with Gasteiger partial charge in [-0.05, 0) is 44.9 Å². The fraction of sp³-hybridized carbons (Fsp3) is 0.353. The predicted molar refractivity (Wildman–Crippen MR) is 92.8 cm³/mol. The molecular formula is C17H21N3O3S. The maximum absolute atomic E-state index is 12.0. The lowest BCUT2D eigenvalue weighted by Crippen LogP contribution is -2.47. The van der Waals surface area contributed by atoms with E-state index in [1.807, 2.05) is 44.4 Å². The van der Waals surface area contributed by atoms with Gasteiger partial charge in [0.05, 0.1) is 17.1 Å². The smallest absolute Gasteiger partial charge is 0.279 e. The lowest BCUT2D eigenvalue weighted by atomic mass is 10.1. The minimum atomic E-state index is -0.729. The molecule has 0 saturated carbocycles. The van der Waals surface area contributed by atoms with E-state index in [-0.39, 0.29) is 12.3 Å². The molecule has 0 aliphatic carbocycles. The number of aryl methyl sites for hydroxylation is 2. The van der Waals surface area contributed by atoms with Gasteiger partial charge in [0.15, 0.2) is 6.10 Å². The molecule has 128 valence electrons. The normalized spacial score (nSPS) is 11.7. The molecule has 0 spiro atoms. The van der Waals surface area contributed by atoms with Crippen molar-refractivity contribution >= 4 is 23.2 Å². The molecule has 2 amide bonds. The lowest BCUT2D eigenvalue weighted by molar-refractivity contribution is -0.132. The van der Waals surface area contributed by atoms with Crippen LogP contribution in [0.2, 0.25) is 0 Å². The zero-order chi connectivity index (χ0) is 17.7. The van der Waals surface area contributed by atoms with Crippen LogP contribution in [-0.4, -0.2) is 22.9 Å². The number of benzene rings is 1. The van der Waals surface area contributed by atoms with Gasteiger partial charge in [-0.15, -0.1) is 11.3 Å². The van der Waals surface area contributed by atoms with E-state index in [1.54, 1.807) is 6.92 Å². The van der Waals surface area contributed by atoms with Crippen molar-refractivity contribution < 1.29 is 14.3 Å². The second-order valence-corrected chi connectivity index (χ2v) is 6.59. The molecular weight excluding hydrogens is 326 g/mol. The van der Waals surface area contributed by atoms with E-state index >= 15 is 0 Å². The number of thiazole rings is 1. The molecule has 6 nitrogen and oxygen atoms in total. The number of carbonyl (C=O) groups is 2. The summed E-state index contributed by atoms with van der Waals surface area (Å²) in [6, 6.07) is 5.67. The first-order valence-corrected chi connectivity index (χ1v) is 8.47. The Labute approximate surface area is 145 Å². The molecule has 0 bridgehead atoms. The molecule has 0 aliphatic rings. The fourth-order valence-corrected chi connectivity index (χ4v) is 2.64. The van der Waals surface area contributed by atoms with E-state index < -0.39 is 12.0 Å². The fourth-order valence-electron chi connectivity index (χ4n) is 2.03. The Morgan fingerprint density at radius 1 is 1.25 bits per heavy atom. The number of nitrogens with zero attached hydrogens (tertiary/aromatic N) is 1. The molecule has 2 rings (SSSR count). The highest BCUT2D eigenvalue weighted by Gasteiger charge is 2.17. The number of amides is 2. The van der Waals surface area contributed by atoms with Crippen LogP contribution in [0.25, 0.3) is 0 Å². The summed E-state index contributed by atoms with van der Waals surface area (Å²) in [6.45, 7) is 7.42. The van der Waals surface area contributed by atoms with Crippen molar-refractivity contribution in [3.05, 3.63) is 45.4 Å². The Morgan fingerprint density at radius 2 is 2.00 bits per heavy atom. The van der Waals surface area contributed by atoms with Gasteiger partial charge >= 0.3 is 0 Å². The topological polar surface area (TPSA) is 80.3 Å². The summed E-state index contributed by atoms with van der Waals surface area (Å²) in [5, 5.41) is 2.72. The molecule has 0 fully saturated rings. The van der Waals surface area contributed by atoms with Gasteiger partial charge in [0.1, 0.15) is 5.75 Å². The van der Waals surface area contributed by atoms with Gasteiger partial charge < -0.3 is 4.74 Å². The molecule has 1 heterocycles.